The minimum Gasteiger partial charge on any atom is -0.403 e. The minimum absolute atomic E-state index is 0.0570. The molecule has 144 valence electrons. The number of benzene rings is 1. The summed E-state index contributed by atoms with van der Waals surface area (Å²) < 4.78 is 18.2. The zero-order valence-electron chi connectivity index (χ0n) is 16.8. The zero-order chi connectivity index (χ0) is 18.6. The van der Waals surface area contributed by atoms with Gasteiger partial charge in [-0.3, -0.25) is 0 Å². The van der Waals surface area contributed by atoms with Gasteiger partial charge in [0.25, 0.3) is 0 Å². The molecule has 0 radical (unpaired) electrons. The van der Waals surface area contributed by atoms with E-state index in [1.165, 1.54) is 18.4 Å². The van der Waals surface area contributed by atoms with Gasteiger partial charge in [0.15, 0.2) is 0 Å². The lowest BCUT2D eigenvalue weighted by molar-refractivity contribution is 0.00578. The highest BCUT2D eigenvalue weighted by atomic mass is 16.7. The molecule has 0 saturated carbocycles. The van der Waals surface area contributed by atoms with Gasteiger partial charge in [0, 0.05) is 12.6 Å². The minimum atomic E-state index is -0.214. The molecule has 1 aromatic rings. The number of hydrogen-bond donors (Lipinski definition) is 1. The highest BCUT2D eigenvalue weighted by Crippen LogP contribution is 2.38. The maximum atomic E-state index is 6.07. The van der Waals surface area contributed by atoms with Crippen molar-refractivity contribution in [3.8, 4) is 0 Å². The topological polar surface area (TPSA) is 39.7 Å². The summed E-state index contributed by atoms with van der Waals surface area (Å²) in [5, 5.41) is 3.61. The summed E-state index contributed by atoms with van der Waals surface area (Å²) in [6.45, 7) is 10.1. The second-order valence-electron chi connectivity index (χ2n) is 8.73. The van der Waals surface area contributed by atoms with Crippen molar-refractivity contribution >= 4 is 7.12 Å². The van der Waals surface area contributed by atoms with Gasteiger partial charge < -0.3 is 19.4 Å². The van der Waals surface area contributed by atoms with Gasteiger partial charge in [0.2, 0.25) is 0 Å². The summed E-state index contributed by atoms with van der Waals surface area (Å²) in [6, 6.07) is 11.0. The van der Waals surface area contributed by atoms with Gasteiger partial charge in [-0.1, -0.05) is 43.2 Å². The Morgan fingerprint density at radius 3 is 2.46 bits per heavy atom. The van der Waals surface area contributed by atoms with Crippen LogP contribution in [0.25, 0.3) is 0 Å². The second kappa shape index (κ2) is 8.43. The SMILES string of the molecule is CC1(C)OB(CCCCC2CC(OCc3ccccc3)CN2)OC1(C)C. The highest BCUT2D eigenvalue weighted by molar-refractivity contribution is 6.45. The van der Waals surface area contributed by atoms with Gasteiger partial charge in [-0.2, -0.15) is 0 Å². The Morgan fingerprint density at radius 1 is 1.08 bits per heavy atom. The number of ether oxygens (including phenoxy) is 1. The van der Waals surface area contributed by atoms with Crippen LogP contribution < -0.4 is 5.32 Å². The van der Waals surface area contributed by atoms with Crippen LogP contribution in [0.2, 0.25) is 6.32 Å². The molecule has 0 spiro atoms. The van der Waals surface area contributed by atoms with Gasteiger partial charge in [-0.15, -0.1) is 0 Å². The first-order valence-electron chi connectivity index (χ1n) is 10.1. The normalized spacial score (nSPS) is 27.2. The zero-order valence-corrected chi connectivity index (χ0v) is 16.8. The van der Waals surface area contributed by atoms with Crippen LogP contribution in [-0.2, 0) is 20.7 Å². The van der Waals surface area contributed by atoms with E-state index in [0.29, 0.717) is 18.8 Å². The lowest BCUT2D eigenvalue weighted by Gasteiger charge is -2.32. The van der Waals surface area contributed by atoms with Gasteiger partial charge >= 0.3 is 7.12 Å². The number of nitrogens with one attached hydrogen (secondary N) is 1. The van der Waals surface area contributed by atoms with Crippen LogP contribution >= 0.6 is 0 Å². The molecule has 2 fully saturated rings. The average Bonchev–Trinajstić information content (AvgIpc) is 3.12. The molecular formula is C21H34BNO3. The number of rotatable bonds is 8. The fraction of sp³-hybridized carbons (Fsp3) is 0.714. The Hall–Kier alpha value is -0.875. The van der Waals surface area contributed by atoms with E-state index < -0.39 is 0 Å². The Kier molecular flexibility index (Phi) is 6.44. The van der Waals surface area contributed by atoms with Crippen molar-refractivity contribution < 1.29 is 14.0 Å². The number of unbranched alkanes of at least 4 members (excludes halogenated alkanes) is 1. The molecular weight excluding hydrogens is 325 g/mol. The number of hydrogen-bond acceptors (Lipinski definition) is 4. The molecule has 1 N–H and O–H groups in total. The maximum Gasteiger partial charge on any atom is 0.457 e. The molecule has 1 aromatic carbocycles. The van der Waals surface area contributed by atoms with Crippen molar-refractivity contribution in [3.05, 3.63) is 35.9 Å². The lowest BCUT2D eigenvalue weighted by Crippen LogP contribution is -2.41. The molecule has 2 heterocycles. The molecule has 2 aliphatic heterocycles. The van der Waals surface area contributed by atoms with E-state index in [1.807, 2.05) is 6.07 Å². The van der Waals surface area contributed by atoms with Crippen molar-refractivity contribution in [2.45, 2.75) is 89.7 Å². The average molecular weight is 359 g/mol. The molecule has 0 aliphatic carbocycles. The predicted molar refractivity (Wildman–Crippen MR) is 106 cm³/mol. The van der Waals surface area contributed by atoms with Crippen molar-refractivity contribution in [2.24, 2.45) is 0 Å². The molecule has 2 unspecified atom stereocenters. The summed E-state index contributed by atoms with van der Waals surface area (Å²) in [5.74, 6) is 0. The van der Waals surface area contributed by atoms with E-state index in [-0.39, 0.29) is 18.3 Å². The molecule has 3 rings (SSSR count). The van der Waals surface area contributed by atoms with E-state index in [1.54, 1.807) is 0 Å². The molecule has 0 amide bonds. The lowest BCUT2D eigenvalue weighted by atomic mass is 9.82. The van der Waals surface area contributed by atoms with E-state index in [2.05, 4.69) is 57.3 Å². The summed E-state index contributed by atoms with van der Waals surface area (Å²) in [4.78, 5) is 0. The Balaban J connectivity index is 1.28. The summed E-state index contributed by atoms with van der Waals surface area (Å²) in [5.41, 5.74) is 0.820. The predicted octanol–water partition coefficient (Wildman–Crippen LogP) is 4.20. The Labute approximate surface area is 159 Å². The van der Waals surface area contributed by atoms with Crippen LogP contribution in [-0.4, -0.2) is 37.0 Å². The Bertz CT molecular complexity index is 548. The standard InChI is InChI=1S/C21H34BNO3/c1-20(2)21(3,4)26-22(25-20)13-9-8-12-18-14-19(15-23-18)24-16-17-10-6-5-7-11-17/h5-7,10-11,18-19,23H,8-9,12-16H2,1-4H3. The molecule has 5 heteroatoms. The van der Waals surface area contributed by atoms with Crippen LogP contribution in [0.4, 0.5) is 0 Å². The smallest absolute Gasteiger partial charge is 0.403 e. The van der Waals surface area contributed by atoms with E-state index in [9.17, 15) is 0 Å². The maximum absolute atomic E-state index is 6.07. The van der Waals surface area contributed by atoms with Crippen molar-refractivity contribution in [1.82, 2.24) is 5.32 Å². The fourth-order valence-corrected chi connectivity index (χ4v) is 3.70. The largest absolute Gasteiger partial charge is 0.457 e. The highest BCUT2D eigenvalue weighted by Gasteiger charge is 2.50. The molecule has 0 bridgehead atoms. The Morgan fingerprint density at radius 2 is 1.77 bits per heavy atom. The van der Waals surface area contributed by atoms with E-state index in [4.69, 9.17) is 14.0 Å². The van der Waals surface area contributed by atoms with Crippen LogP contribution in [0.15, 0.2) is 30.3 Å². The molecule has 26 heavy (non-hydrogen) atoms. The molecule has 2 aliphatic rings. The molecule has 2 atom stereocenters. The molecule has 4 nitrogen and oxygen atoms in total. The summed E-state index contributed by atoms with van der Waals surface area (Å²) >= 11 is 0. The first-order chi connectivity index (χ1) is 12.4. The van der Waals surface area contributed by atoms with E-state index in [0.717, 1.165) is 25.7 Å². The van der Waals surface area contributed by atoms with Crippen LogP contribution in [0.5, 0.6) is 0 Å². The molecule has 2 saturated heterocycles. The summed E-state index contributed by atoms with van der Waals surface area (Å²) in [6.07, 6.45) is 5.97. The van der Waals surface area contributed by atoms with Gasteiger partial charge in [-0.25, -0.2) is 0 Å². The van der Waals surface area contributed by atoms with E-state index >= 15 is 0 Å². The first-order valence-corrected chi connectivity index (χ1v) is 10.1. The third kappa shape index (κ3) is 5.10. The van der Waals surface area contributed by atoms with Crippen LogP contribution in [0, 0.1) is 0 Å². The molecule has 0 aromatic heterocycles. The van der Waals surface area contributed by atoms with Crippen LogP contribution in [0.1, 0.15) is 58.9 Å². The van der Waals surface area contributed by atoms with Gasteiger partial charge in [-0.05, 0) is 52.4 Å². The van der Waals surface area contributed by atoms with Crippen molar-refractivity contribution in [2.75, 3.05) is 6.54 Å². The third-order valence-electron chi connectivity index (χ3n) is 6.05. The quantitative estimate of drug-likeness (QED) is 0.558. The van der Waals surface area contributed by atoms with Crippen LogP contribution in [0.3, 0.4) is 0 Å². The second-order valence-corrected chi connectivity index (χ2v) is 8.73. The summed E-state index contributed by atoms with van der Waals surface area (Å²) in [7, 11) is -0.0570. The third-order valence-corrected chi connectivity index (χ3v) is 6.05. The fourth-order valence-electron chi connectivity index (χ4n) is 3.70. The first kappa shape index (κ1) is 19.9. The van der Waals surface area contributed by atoms with Gasteiger partial charge in [0.1, 0.15) is 0 Å². The van der Waals surface area contributed by atoms with Crippen molar-refractivity contribution in [1.29, 1.82) is 0 Å². The van der Waals surface area contributed by atoms with Gasteiger partial charge in [0.05, 0.1) is 23.9 Å². The monoisotopic (exact) mass is 359 g/mol. The van der Waals surface area contributed by atoms with Crippen molar-refractivity contribution in [3.63, 3.8) is 0 Å².